The molecule has 1 atom stereocenters. The van der Waals surface area contributed by atoms with E-state index in [9.17, 15) is 0 Å². The average molecular weight is 154 g/mol. The minimum absolute atomic E-state index is 0.608. The van der Waals surface area contributed by atoms with Crippen molar-refractivity contribution in [3.63, 3.8) is 0 Å². The molecule has 0 aromatic carbocycles. The van der Waals surface area contributed by atoms with E-state index in [-0.39, 0.29) is 0 Å². The van der Waals surface area contributed by atoms with E-state index in [1.807, 2.05) is 0 Å². The van der Waals surface area contributed by atoms with E-state index in [2.05, 4.69) is 24.2 Å². The van der Waals surface area contributed by atoms with Gasteiger partial charge >= 0.3 is 0 Å². The Balaban J connectivity index is 2.18. The highest BCUT2D eigenvalue weighted by Gasteiger charge is 2.07. The number of hydrogen-bond acceptors (Lipinski definition) is 2. The molecule has 2 heteroatoms. The van der Waals surface area contributed by atoms with Crippen LogP contribution in [0.3, 0.4) is 0 Å². The van der Waals surface area contributed by atoms with Gasteiger partial charge in [0.2, 0.25) is 0 Å². The molecule has 0 aromatic heterocycles. The van der Waals surface area contributed by atoms with Crippen molar-refractivity contribution in [2.75, 3.05) is 6.54 Å². The summed E-state index contributed by atoms with van der Waals surface area (Å²) in [6, 6.07) is 0.608. The van der Waals surface area contributed by atoms with Gasteiger partial charge < -0.3 is 5.32 Å². The molecule has 2 nitrogen and oxygen atoms in total. The van der Waals surface area contributed by atoms with E-state index in [4.69, 9.17) is 0 Å². The number of aliphatic imine (C=N–C) groups is 1. The molecule has 0 fully saturated rings. The summed E-state index contributed by atoms with van der Waals surface area (Å²) >= 11 is 0. The molecule has 0 aliphatic carbocycles. The molecule has 64 valence electrons. The highest BCUT2D eigenvalue weighted by molar-refractivity contribution is 5.83. The summed E-state index contributed by atoms with van der Waals surface area (Å²) in [5.74, 6) is 1.23. The number of hydrogen-bond donors (Lipinski definition) is 1. The fourth-order valence-electron chi connectivity index (χ4n) is 1.45. The van der Waals surface area contributed by atoms with Gasteiger partial charge in [0.05, 0.1) is 5.84 Å². The Labute approximate surface area is 69.1 Å². The fraction of sp³-hybridized carbons (Fsp3) is 0.889. The van der Waals surface area contributed by atoms with Crippen LogP contribution in [-0.4, -0.2) is 18.4 Å². The van der Waals surface area contributed by atoms with Crippen molar-refractivity contribution in [3.8, 4) is 0 Å². The molecule has 1 aliphatic rings. The third kappa shape index (κ3) is 2.91. The van der Waals surface area contributed by atoms with Crippen molar-refractivity contribution in [2.24, 2.45) is 4.99 Å². The quantitative estimate of drug-likeness (QED) is 0.660. The van der Waals surface area contributed by atoms with Crippen molar-refractivity contribution in [1.82, 2.24) is 5.32 Å². The Morgan fingerprint density at radius 1 is 1.64 bits per heavy atom. The van der Waals surface area contributed by atoms with Gasteiger partial charge in [-0.2, -0.15) is 0 Å². The zero-order chi connectivity index (χ0) is 8.10. The van der Waals surface area contributed by atoms with Crippen molar-refractivity contribution < 1.29 is 0 Å². The number of nitrogens with one attached hydrogen (secondary N) is 1. The van der Waals surface area contributed by atoms with Crippen LogP contribution in [0.15, 0.2) is 4.99 Å². The smallest absolute Gasteiger partial charge is 0.0965 e. The first-order valence-electron chi connectivity index (χ1n) is 4.62. The standard InChI is InChI=1S/C9H18N2/c1-3-5-8(2)11-9-6-4-7-10-9/h8H,3-7H2,1-2H3,(H,10,11). The summed E-state index contributed by atoms with van der Waals surface area (Å²) in [4.78, 5) is 4.36. The van der Waals surface area contributed by atoms with Crippen LogP contribution < -0.4 is 5.32 Å². The summed E-state index contributed by atoms with van der Waals surface area (Å²) in [7, 11) is 0. The predicted octanol–water partition coefficient (Wildman–Crippen LogP) is 1.96. The lowest BCUT2D eigenvalue weighted by Gasteiger charge is -2.13. The third-order valence-corrected chi connectivity index (χ3v) is 2.01. The van der Waals surface area contributed by atoms with Crippen LogP contribution in [0.2, 0.25) is 0 Å². The van der Waals surface area contributed by atoms with Gasteiger partial charge in [-0.3, -0.25) is 4.99 Å². The zero-order valence-corrected chi connectivity index (χ0v) is 7.56. The zero-order valence-electron chi connectivity index (χ0n) is 7.56. The van der Waals surface area contributed by atoms with Crippen LogP contribution in [0.1, 0.15) is 39.5 Å². The number of nitrogens with zero attached hydrogens (tertiary/aromatic N) is 1. The maximum Gasteiger partial charge on any atom is 0.0965 e. The molecule has 11 heavy (non-hydrogen) atoms. The molecule has 1 unspecified atom stereocenters. The predicted molar refractivity (Wildman–Crippen MR) is 49.0 cm³/mol. The van der Waals surface area contributed by atoms with Crippen LogP contribution in [-0.2, 0) is 0 Å². The Morgan fingerprint density at radius 3 is 3.00 bits per heavy atom. The maximum atomic E-state index is 4.36. The lowest BCUT2D eigenvalue weighted by Crippen LogP contribution is -2.31. The maximum absolute atomic E-state index is 4.36. The van der Waals surface area contributed by atoms with Crippen molar-refractivity contribution in [2.45, 2.75) is 45.6 Å². The van der Waals surface area contributed by atoms with Gasteiger partial charge in [0.25, 0.3) is 0 Å². The molecule has 0 saturated carbocycles. The molecule has 0 amide bonds. The first-order chi connectivity index (χ1) is 5.33. The molecular formula is C9H18N2. The second kappa shape index (κ2) is 4.37. The lowest BCUT2D eigenvalue weighted by atomic mass is 10.2. The molecule has 0 saturated heterocycles. The highest BCUT2D eigenvalue weighted by Crippen LogP contribution is 2.03. The van der Waals surface area contributed by atoms with E-state index in [0.717, 1.165) is 13.0 Å². The third-order valence-electron chi connectivity index (χ3n) is 2.01. The average Bonchev–Trinajstić information content (AvgIpc) is 2.40. The molecule has 0 radical (unpaired) electrons. The molecule has 0 aromatic rings. The van der Waals surface area contributed by atoms with Crippen LogP contribution in [0.25, 0.3) is 0 Å². The Hall–Kier alpha value is -0.530. The minimum Gasteiger partial charge on any atom is -0.371 e. The summed E-state index contributed by atoms with van der Waals surface area (Å²) in [6.45, 7) is 5.47. The molecule has 0 bridgehead atoms. The molecule has 0 spiro atoms. The Kier molecular flexibility index (Phi) is 3.40. The molecule has 1 rings (SSSR count). The van der Waals surface area contributed by atoms with Crippen molar-refractivity contribution in [3.05, 3.63) is 0 Å². The largest absolute Gasteiger partial charge is 0.371 e. The number of amidine groups is 1. The highest BCUT2D eigenvalue weighted by atomic mass is 15.0. The molecule has 1 aliphatic heterocycles. The normalized spacial score (nSPS) is 19.6. The van der Waals surface area contributed by atoms with Crippen molar-refractivity contribution >= 4 is 5.84 Å². The second-order valence-electron chi connectivity index (χ2n) is 3.27. The van der Waals surface area contributed by atoms with Gasteiger partial charge in [-0.15, -0.1) is 0 Å². The Morgan fingerprint density at radius 2 is 2.45 bits per heavy atom. The first-order valence-corrected chi connectivity index (χ1v) is 4.62. The van der Waals surface area contributed by atoms with Crippen LogP contribution >= 0.6 is 0 Å². The lowest BCUT2D eigenvalue weighted by molar-refractivity contribution is 0.593. The Bertz CT molecular complexity index is 140. The van der Waals surface area contributed by atoms with Crippen LogP contribution in [0.5, 0.6) is 0 Å². The van der Waals surface area contributed by atoms with Crippen LogP contribution in [0.4, 0.5) is 0 Å². The van der Waals surface area contributed by atoms with Crippen molar-refractivity contribution in [1.29, 1.82) is 0 Å². The van der Waals surface area contributed by atoms with E-state index >= 15 is 0 Å². The van der Waals surface area contributed by atoms with Gasteiger partial charge in [0, 0.05) is 19.0 Å². The van der Waals surface area contributed by atoms with Crippen LogP contribution in [0, 0.1) is 0 Å². The first kappa shape index (κ1) is 8.57. The van der Waals surface area contributed by atoms with E-state index in [0.29, 0.717) is 6.04 Å². The summed E-state index contributed by atoms with van der Waals surface area (Å²) in [6.07, 6.45) is 4.90. The minimum atomic E-state index is 0.608. The van der Waals surface area contributed by atoms with Gasteiger partial charge in [0.15, 0.2) is 0 Å². The van der Waals surface area contributed by atoms with Gasteiger partial charge in [-0.25, -0.2) is 0 Å². The topological polar surface area (TPSA) is 24.4 Å². The molecule has 1 heterocycles. The summed E-state index contributed by atoms with van der Waals surface area (Å²) in [5, 5.41) is 3.43. The SMILES string of the molecule is CCCC(C)NC1=NCCC1. The van der Waals surface area contributed by atoms with E-state index in [1.54, 1.807) is 0 Å². The van der Waals surface area contributed by atoms with E-state index < -0.39 is 0 Å². The summed E-state index contributed by atoms with van der Waals surface area (Å²) in [5.41, 5.74) is 0. The van der Waals surface area contributed by atoms with Gasteiger partial charge in [-0.05, 0) is 19.8 Å². The van der Waals surface area contributed by atoms with E-state index in [1.165, 1.54) is 25.1 Å². The summed E-state index contributed by atoms with van der Waals surface area (Å²) < 4.78 is 0. The second-order valence-corrected chi connectivity index (χ2v) is 3.27. The number of rotatable bonds is 3. The molecular weight excluding hydrogens is 136 g/mol. The monoisotopic (exact) mass is 154 g/mol. The van der Waals surface area contributed by atoms with Gasteiger partial charge in [-0.1, -0.05) is 13.3 Å². The fourth-order valence-corrected chi connectivity index (χ4v) is 1.45. The van der Waals surface area contributed by atoms with Gasteiger partial charge in [0.1, 0.15) is 0 Å². The molecule has 1 N–H and O–H groups in total.